The van der Waals surface area contributed by atoms with Gasteiger partial charge < -0.3 is 5.11 Å². The van der Waals surface area contributed by atoms with Crippen LogP contribution in [0.4, 0.5) is 10.1 Å². The highest BCUT2D eigenvalue weighted by atomic mass is 35.5. The molecule has 2 aromatic rings. The van der Waals surface area contributed by atoms with Crippen LogP contribution in [0.2, 0.25) is 5.02 Å². The fourth-order valence-corrected chi connectivity index (χ4v) is 3.12. The fourth-order valence-electron chi connectivity index (χ4n) is 1.72. The molecular weight excluding hydrogens is 317 g/mol. The maximum absolute atomic E-state index is 13.0. The summed E-state index contributed by atoms with van der Waals surface area (Å²) in [4.78, 5) is -0.0127. The van der Waals surface area contributed by atoms with Crippen molar-refractivity contribution >= 4 is 27.3 Å². The van der Waals surface area contributed by atoms with Gasteiger partial charge in [-0.3, -0.25) is 4.72 Å². The molecule has 0 fully saturated rings. The second-order valence-electron chi connectivity index (χ2n) is 4.48. The number of rotatable bonds is 4. The molecule has 1 unspecified atom stereocenters. The molecule has 0 heterocycles. The maximum atomic E-state index is 13.0. The van der Waals surface area contributed by atoms with Gasteiger partial charge in [0.05, 0.1) is 21.7 Å². The van der Waals surface area contributed by atoms with Gasteiger partial charge in [-0.25, -0.2) is 12.8 Å². The Morgan fingerprint density at radius 1 is 1.24 bits per heavy atom. The van der Waals surface area contributed by atoms with Crippen LogP contribution in [0.15, 0.2) is 47.4 Å². The SMILES string of the molecule is CC(O)c1cccc(S(=O)(=O)Nc2ccc(F)cc2Cl)c1. The minimum Gasteiger partial charge on any atom is -0.389 e. The number of hydrogen-bond donors (Lipinski definition) is 2. The van der Waals surface area contributed by atoms with Crippen LogP contribution in [0.1, 0.15) is 18.6 Å². The van der Waals surface area contributed by atoms with E-state index in [0.717, 1.165) is 12.1 Å². The van der Waals surface area contributed by atoms with Gasteiger partial charge in [0.25, 0.3) is 10.0 Å². The number of halogens is 2. The molecule has 0 spiro atoms. The Labute approximate surface area is 127 Å². The van der Waals surface area contributed by atoms with E-state index < -0.39 is 21.9 Å². The van der Waals surface area contributed by atoms with E-state index in [0.29, 0.717) is 5.56 Å². The molecular formula is C14H13ClFNO3S. The van der Waals surface area contributed by atoms with Crippen LogP contribution in [0.5, 0.6) is 0 Å². The van der Waals surface area contributed by atoms with Crippen molar-refractivity contribution in [3.63, 3.8) is 0 Å². The van der Waals surface area contributed by atoms with Crippen molar-refractivity contribution in [1.29, 1.82) is 0 Å². The summed E-state index contributed by atoms with van der Waals surface area (Å²) < 4.78 is 39.8. The molecule has 0 amide bonds. The van der Waals surface area contributed by atoms with Gasteiger partial charge in [-0.15, -0.1) is 0 Å². The normalized spacial score (nSPS) is 13.0. The van der Waals surface area contributed by atoms with E-state index in [1.165, 1.54) is 31.2 Å². The highest BCUT2D eigenvalue weighted by Gasteiger charge is 2.17. The molecule has 7 heteroatoms. The van der Waals surface area contributed by atoms with Crippen molar-refractivity contribution in [3.05, 3.63) is 58.9 Å². The monoisotopic (exact) mass is 329 g/mol. The van der Waals surface area contributed by atoms with E-state index >= 15 is 0 Å². The number of nitrogens with one attached hydrogen (secondary N) is 1. The Morgan fingerprint density at radius 2 is 1.95 bits per heavy atom. The number of benzene rings is 2. The Kier molecular flexibility index (Phi) is 4.51. The molecule has 0 saturated heterocycles. The summed E-state index contributed by atoms with van der Waals surface area (Å²) in [6, 6.07) is 9.28. The van der Waals surface area contributed by atoms with Gasteiger partial charge in [-0.1, -0.05) is 23.7 Å². The third kappa shape index (κ3) is 3.72. The fraction of sp³-hybridized carbons (Fsp3) is 0.143. The minimum absolute atomic E-state index is 0.0127. The molecule has 0 aliphatic heterocycles. The maximum Gasteiger partial charge on any atom is 0.261 e. The molecule has 0 saturated carbocycles. The molecule has 21 heavy (non-hydrogen) atoms. The van der Waals surface area contributed by atoms with Crippen LogP contribution >= 0.6 is 11.6 Å². The van der Waals surface area contributed by atoms with Crippen molar-refractivity contribution in [2.45, 2.75) is 17.9 Å². The molecule has 0 aliphatic rings. The van der Waals surface area contributed by atoms with Crippen LogP contribution in [-0.2, 0) is 10.0 Å². The molecule has 0 aromatic heterocycles. The first-order chi connectivity index (χ1) is 9.79. The van der Waals surface area contributed by atoms with Crippen LogP contribution < -0.4 is 4.72 Å². The summed E-state index contributed by atoms with van der Waals surface area (Å²) in [7, 11) is -3.87. The number of anilines is 1. The number of hydrogen-bond acceptors (Lipinski definition) is 3. The lowest BCUT2D eigenvalue weighted by Crippen LogP contribution is -2.13. The zero-order valence-electron chi connectivity index (χ0n) is 11.0. The summed E-state index contributed by atoms with van der Waals surface area (Å²) in [5.41, 5.74) is 0.559. The van der Waals surface area contributed by atoms with Gasteiger partial charge in [0.2, 0.25) is 0 Å². The van der Waals surface area contributed by atoms with Crippen molar-refractivity contribution in [1.82, 2.24) is 0 Å². The van der Waals surface area contributed by atoms with Crippen LogP contribution in [0.25, 0.3) is 0 Å². The quantitative estimate of drug-likeness (QED) is 0.904. The van der Waals surface area contributed by atoms with Crippen LogP contribution in [0.3, 0.4) is 0 Å². The first kappa shape index (κ1) is 15.8. The molecule has 2 aromatic carbocycles. The summed E-state index contributed by atoms with van der Waals surface area (Å²) in [6.45, 7) is 1.54. The lowest BCUT2D eigenvalue weighted by molar-refractivity contribution is 0.199. The molecule has 112 valence electrons. The third-order valence-corrected chi connectivity index (χ3v) is 4.50. The van der Waals surface area contributed by atoms with E-state index in [9.17, 15) is 17.9 Å². The van der Waals surface area contributed by atoms with Gasteiger partial charge in [0, 0.05) is 0 Å². The molecule has 2 N–H and O–H groups in total. The van der Waals surface area contributed by atoms with E-state index in [-0.39, 0.29) is 15.6 Å². The summed E-state index contributed by atoms with van der Waals surface area (Å²) in [6.07, 6.45) is -0.783. The average Bonchev–Trinajstić information content (AvgIpc) is 2.42. The van der Waals surface area contributed by atoms with Crippen molar-refractivity contribution < 1.29 is 17.9 Å². The zero-order chi connectivity index (χ0) is 15.6. The Balaban J connectivity index is 2.36. The third-order valence-electron chi connectivity index (χ3n) is 2.83. The molecule has 0 bridgehead atoms. The lowest BCUT2D eigenvalue weighted by atomic mass is 10.1. The average molecular weight is 330 g/mol. The van der Waals surface area contributed by atoms with Gasteiger partial charge in [0.15, 0.2) is 0 Å². The summed E-state index contributed by atoms with van der Waals surface area (Å²) in [5, 5.41) is 9.46. The first-order valence-electron chi connectivity index (χ1n) is 6.05. The molecule has 0 radical (unpaired) electrons. The topological polar surface area (TPSA) is 66.4 Å². The van der Waals surface area contributed by atoms with Gasteiger partial charge in [-0.05, 0) is 42.8 Å². The second kappa shape index (κ2) is 6.01. The summed E-state index contributed by atoms with van der Waals surface area (Å²) in [5.74, 6) is -0.556. The zero-order valence-corrected chi connectivity index (χ0v) is 12.6. The van der Waals surface area contributed by atoms with Crippen molar-refractivity contribution in [2.75, 3.05) is 4.72 Å². The predicted octanol–water partition coefficient (Wildman–Crippen LogP) is 3.33. The molecule has 4 nitrogen and oxygen atoms in total. The van der Waals surface area contributed by atoms with Crippen LogP contribution in [-0.4, -0.2) is 13.5 Å². The number of aliphatic hydroxyl groups is 1. The highest BCUT2D eigenvalue weighted by molar-refractivity contribution is 7.92. The van der Waals surface area contributed by atoms with Crippen molar-refractivity contribution in [3.8, 4) is 0 Å². The Morgan fingerprint density at radius 3 is 2.57 bits per heavy atom. The van der Waals surface area contributed by atoms with E-state index in [1.54, 1.807) is 6.07 Å². The van der Waals surface area contributed by atoms with E-state index in [2.05, 4.69) is 4.72 Å². The lowest BCUT2D eigenvalue weighted by Gasteiger charge is -2.11. The summed E-state index contributed by atoms with van der Waals surface area (Å²) >= 11 is 5.80. The largest absolute Gasteiger partial charge is 0.389 e. The van der Waals surface area contributed by atoms with Gasteiger partial charge in [0.1, 0.15) is 5.82 Å². The Hall–Kier alpha value is -1.63. The number of aliphatic hydroxyl groups excluding tert-OH is 1. The molecule has 0 aliphatic carbocycles. The minimum atomic E-state index is -3.87. The Bertz CT molecular complexity index is 763. The molecule has 1 atom stereocenters. The highest BCUT2D eigenvalue weighted by Crippen LogP contribution is 2.26. The van der Waals surface area contributed by atoms with Crippen LogP contribution in [0, 0.1) is 5.82 Å². The smallest absolute Gasteiger partial charge is 0.261 e. The predicted molar refractivity (Wildman–Crippen MR) is 79.3 cm³/mol. The first-order valence-corrected chi connectivity index (χ1v) is 7.91. The molecule has 2 rings (SSSR count). The van der Waals surface area contributed by atoms with Gasteiger partial charge in [-0.2, -0.15) is 0 Å². The van der Waals surface area contributed by atoms with Crippen molar-refractivity contribution in [2.24, 2.45) is 0 Å². The van der Waals surface area contributed by atoms with E-state index in [1.807, 2.05) is 0 Å². The number of sulfonamides is 1. The second-order valence-corrected chi connectivity index (χ2v) is 6.57. The standard InChI is InChI=1S/C14H13ClFNO3S/c1-9(18)10-3-2-4-12(7-10)21(19,20)17-14-6-5-11(16)8-13(14)15/h2-9,17-18H,1H3. The van der Waals surface area contributed by atoms with E-state index in [4.69, 9.17) is 11.6 Å². The van der Waals surface area contributed by atoms with Gasteiger partial charge >= 0.3 is 0 Å².